The van der Waals surface area contributed by atoms with Crippen molar-refractivity contribution in [1.29, 1.82) is 0 Å². The predicted molar refractivity (Wildman–Crippen MR) is 92.9 cm³/mol. The Labute approximate surface area is 145 Å². The number of hydrogen-bond donors (Lipinski definition) is 2. The Balaban J connectivity index is 1.58. The van der Waals surface area contributed by atoms with Crippen LogP contribution in [-0.4, -0.2) is 30.9 Å². The van der Waals surface area contributed by atoms with E-state index in [9.17, 15) is 4.79 Å². The molecule has 2 aromatic heterocycles. The van der Waals surface area contributed by atoms with E-state index in [1.165, 1.54) is 0 Å². The highest BCUT2D eigenvalue weighted by Gasteiger charge is 2.27. The average molecular weight is 336 g/mol. The van der Waals surface area contributed by atoms with Crippen molar-refractivity contribution >= 4 is 5.91 Å². The number of nitrogens with one attached hydrogen (secondary N) is 2. The molecule has 0 unspecified atom stereocenters. The second kappa shape index (κ2) is 6.51. The van der Waals surface area contributed by atoms with Gasteiger partial charge in [0.1, 0.15) is 5.82 Å². The maximum absolute atomic E-state index is 12.8. The lowest BCUT2D eigenvalue weighted by atomic mass is 10.0. The molecule has 0 radical (unpaired) electrons. The summed E-state index contributed by atoms with van der Waals surface area (Å²) in [5, 5.41) is 14.6. The topological polar surface area (TPSA) is 88.5 Å². The highest BCUT2D eigenvalue weighted by atomic mass is 16.1. The molecule has 3 heterocycles. The maximum atomic E-state index is 12.8. The second-order valence-corrected chi connectivity index (χ2v) is 6.16. The Hall–Kier alpha value is -2.96. The van der Waals surface area contributed by atoms with Crippen molar-refractivity contribution in [3.05, 3.63) is 53.7 Å². The lowest BCUT2D eigenvalue weighted by Gasteiger charge is -2.23. The van der Waals surface area contributed by atoms with Gasteiger partial charge in [0.15, 0.2) is 5.82 Å². The van der Waals surface area contributed by atoms with Crippen LogP contribution in [0, 0.1) is 0 Å². The van der Waals surface area contributed by atoms with Crippen LogP contribution < -0.4 is 5.32 Å². The highest BCUT2D eigenvalue weighted by Crippen LogP contribution is 2.25. The molecular weight excluding hydrogens is 316 g/mol. The number of benzene rings is 1. The molecule has 2 N–H and O–H groups in total. The second-order valence-electron chi connectivity index (χ2n) is 6.16. The van der Waals surface area contributed by atoms with Gasteiger partial charge >= 0.3 is 0 Å². The number of carbonyl (C=O) groups is 1. The van der Waals surface area contributed by atoms with E-state index >= 15 is 0 Å². The number of H-pyrrole nitrogens is 1. The molecule has 0 bridgehead atoms. The first-order valence-corrected chi connectivity index (χ1v) is 8.59. The summed E-state index contributed by atoms with van der Waals surface area (Å²) in [6, 6.07) is 9.61. The number of fused-ring (bicyclic) bond motifs is 1. The number of hydrogen-bond acceptors (Lipinski definition) is 4. The highest BCUT2D eigenvalue weighted by molar-refractivity contribution is 5.99. The molecule has 1 amide bonds. The molecule has 4 rings (SSSR count). The summed E-state index contributed by atoms with van der Waals surface area (Å²) >= 11 is 0. The van der Waals surface area contributed by atoms with Crippen molar-refractivity contribution in [2.75, 3.05) is 0 Å². The molecule has 25 heavy (non-hydrogen) atoms. The molecule has 1 aromatic carbocycles. The van der Waals surface area contributed by atoms with E-state index in [4.69, 9.17) is 0 Å². The molecule has 0 saturated carbocycles. The number of aryl methyl sites for hydroxylation is 2. The summed E-state index contributed by atoms with van der Waals surface area (Å²) in [6.45, 7) is 2.89. The molecular formula is C18H20N6O. The lowest BCUT2D eigenvalue weighted by Crippen LogP contribution is -2.33. The van der Waals surface area contributed by atoms with E-state index in [-0.39, 0.29) is 11.9 Å². The minimum atomic E-state index is -0.146. The summed E-state index contributed by atoms with van der Waals surface area (Å²) < 4.78 is 1.92. The van der Waals surface area contributed by atoms with Gasteiger partial charge in [-0.2, -0.15) is 10.2 Å². The van der Waals surface area contributed by atoms with E-state index in [2.05, 4.69) is 25.6 Å². The van der Waals surface area contributed by atoms with E-state index in [0.717, 1.165) is 48.7 Å². The summed E-state index contributed by atoms with van der Waals surface area (Å²) in [5.41, 5.74) is 2.20. The van der Waals surface area contributed by atoms with E-state index < -0.39 is 0 Å². The van der Waals surface area contributed by atoms with Crippen LogP contribution in [0.2, 0.25) is 0 Å². The van der Waals surface area contributed by atoms with Gasteiger partial charge in [0.25, 0.3) is 5.91 Å². The monoisotopic (exact) mass is 336 g/mol. The molecule has 0 aliphatic carbocycles. The minimum absolute atomic E-state index is 0.118. The van der Waals surface area contributed by atoms with Crippen molar-refractivity contribution in [2.24, 2.45) is 0 Å². The Kier molecular flexibility index (Phi) is 4.05. The number of nitrogens with zero attached hydrogens (tertiary/aromatic N) is 4. The van der Waals surface area contributed by atoms with Crippen LogP contribution in [-0.2, 0) is 13.0 Å². The fourth-order valence-electron chi connectivity index (χ4n) is 3.21. The molecule has 0 saturated heterocycles. The Morgan fingerprint density at radius 1 is 1.36 bits per heavy atom. The largest absolute Gasteiger partial charge is 0.342 e. The van der Waals surface area contributed by atoms with Crippen molar-refractivity contribution in [2.45, 2.75) is 38.8 Å². The fourth-order valence-corrected chi connectivity index (χ4v) is 3.21. The van der Waals surface area contributed by atoms with Crippen LogP contribution in [0.5, 0.6) is 0 Å². The molecule has 1 aliphatic heterocycles. The van der Waals surface area contributed by atoms with Crippen LogP contribution in [0.25, 0.3) is 11.3 Å². The van der Waals surface area contributed by atoms with Gasteiger partial charge in [-0.25, -0.2) is 9.67 Å². The van der Waals surface area contributed by atoms with Gasteiger partial charge in [-0.15, -0.1) is 0 Å². The predicted octanol–water partition coefficient (Wildman–Crippen LogP) is 2.50. The standard InChI is InChI=1S/C18H20N6O/c1-2-15-21-17-14(9-6-10-24(17)23-15)20-18(25)13-11-19-22-16(13)12-7-4-3-5-8-12/h3-5,7-8,11,14H,2,6,9-10H2,1H3,(H,19,22)(H,20,25)/t14-/m0/s1. The third-order valence-electron chi connectivity index (χ3n) is 4.49. The number of amides is 1. The summed E-state index contributed by atoms with van der Waals surface area (Å²) in [4.78, 5) is 17.4. The van der Waals surface area contributed by atoms with Crippen LogP contribution >= 0.6 is 0 Å². The minimum Gasteiger partial charge on any atom is -0.342 e. The van der Waals surface area contributed by atoms with Gasteiger partial charge in [-0.3, -0.25) is 9.89 Å². The molecule has 0 fully saturated rings. The van der Waals surface area contributed by atoms with Crippen LogP contribution in [0.15, 0.2) is 36.5 Å². The molecule has 7 heteroatoms. The smallest absolute Gasteiger partial charge is 0.255 e. The van der Waals surface area contributed by atoms with Gasteiger partial charge in [-0.05, 0) is 12.8 Å². The first kappa shape index (κ1) is 15.6. The molecule has 3 aromatic rings. The molecule has 0 spiro atoms. The van der Waals surface area contributed by atoms with Gasteiger partial charge in [0.2, 0.25) is 0 Å². The van der Waals surface area contributed by atoms with Gasteiger partial charge in [0, 0.05) is 18.5 Å². The van der Waals surface area contributed by atoms with Crippen LogP contribution in [0.3, 0.4) is 0 Å². The van der Waals surface area contributed by atoms with Crippen LogP contribution in [0.4, 0.5) is 0 Å². The number of aromatic amines is 1. The average Bonchev–Trinajstić information content (AvgIpc) is 3.29. The van der Waals surface area contributed by atoms with Gasteiger partial charge in [-0.1, -0.05) is 37.3 Å². The van der Waals surface area contributed by atoms with Crippen molar-refractivity contribution in [3.8, 4) is 11.3 Å². The fraction of sp³-hybridized carbons (Fsp3) is 0.333. The number of aromatic nitrogens is 5. The zero-order valence-corrected chi connectivity index (χ0v) is 14.1. The zero-order valence-electron chi connectivity index (χ0n) is 14.1. The van der Waals surface area contributed by atoms with Gasteiger partial charge in [0.05, 0.1) is 23.5 Å². The summed E-state index contributed by atoms with van der Waals surface area (Å²) in [5.74, 6) is 1.53. The Morgan fingerprint density at radius 3 is 3.00 bits per heavy atom. The molecule has 128 valence electrons. The number of carbonyl (C=O) groups excluding carboxylic acids is 1. The Morgan fingerprint density at radius 2 is 2.20 bits per heavy atom. The maximum Gasteiger partial charge on any atom is 0.255 e. The van der Waals surface area contributed by atoms with Crippen molar-refractivity contribution in [1.82, 2.24) is 30.3 Å². The van der Waals surface area contributed by atoms with E-state index in [1.54, 1.807) is 6.20 Å². The first-order valence-electron chi connectivity index (χ1n) is 8.59. The zero-order chi connectivity index (χ0) is 17.2. The molecule has 7 nitrogen and oxygen atoms in total. The van der Waals surface area contributed by atoms with E-state index in [0.29, 0.717) is 5.56 Å². The lowest BCUT2D eigenvalue weighted by molar-refractivity contribution is 0.0928. The van der Waals surface area contributed by atoms with Gasteiger partial charge < -0.3 is 5.32 Å². The normalized spacial score (nSPS) is 16.4. The molecule has 1 atom stereocenters. The SMILES string of the molecule is CCc1nc2n(n1)CCC[C@@H]2NC(=O)c1cn[nH]c1-c1ccccc1. The summed E-state index contributed by atoms with van der Waals surface area (Å²) in [7, 11) is 0. The quantitative estimate of drug-likeness (QED) is 0.766. The molecule has 1 aliphatic rings. The number of rotatable bonds is 4. The van der Waals surface area contributed by atoms with E-state index in [1.807, 2.05) is 41.9 Å². The van der Waals surface area contributed by atoms with Crippen LogP contribution in [0.1, 0.15) is 47.8 Å². The van der Waals surface area contributed by atoms with Crippen molar-refractivity contribution < 1.29 is 4.79 Å². The third-order valence-corrected chi connectivity index (χ3v) is 4.49. The Bertz CT molecular complexity index is 882. The first-order chi connectivity index (χ1) is 12.3. The van der Waals surface area contributed by atoms with Crippen molar-refractivity contribution in [3.63, 3.8) is 0 Å². The third kappa shape index (κ3) is 2.93. The summed E-state index contributed by atoms with van der Waals surface area (Å²) in [6.07, 6.45) is 4.21.